The van der Waals surface area contributed by atoms with E-state index in [1.165, 1.54) is 0 Å². The summed E-state index contributed by atoms with van der Waals surface area (Å²) in [6.07, 6.45) is 5.33. The summed E-state index contributed by atoms with van der Waals surface area (Å²) < 4.78 is 12.5. The molecular weight excluding hydrogens is 246 g/mol. The van der Waals surface area contributed by atoms with Crippen molar-refractivity contribution in [2.24, 2.45) is 0 Å². The summed E-state index contributed by atoms with van der Waals surface area (Å²) in [6.45, 7) is 7.03. The zero-order valence-corrected chi connectivity index (χ0v) is 11.7. The van der Waals surface area contributed by atoms with Crippen molar-refractivity contribution in [3.05, 3.63) is 12.4 Å². The van der Waals surface area contributed by atoms with E-state index >= 15 is 0 Å². The van der Waals surface area contributed by atoms with Crippen LogP contribution in [0.4, 0.5) is 10.5 Å². The molecule has 1 saturated heterocycles. The van der Waals surface area contributed by atoms with Gasteiger partial charge in [0.15, 0.2) is 0 Å². The van der Waals surface area contributed by atoms with E-state index in [0.29, 0.717) is 5.69 Å². The van der Waals surface area contributed by atoms with Crippen LogP contribution in [-0.4, -0.2) is 34.2 Å². The molecule has 0 saturated carbocycles. The fourth-order valence-corrected chi connectivity index (χ4v) is 1.95. The molecule has 2 rings (SSSR count). The molecule has 1 unspecified atom stereocenters. The topological polar surface area (TPSA) is 65.4 Å². The second-order valence-electron chi connectivity index (χ2n) is 5.71. The average Bonchev–Trinajstić information content (AvgIpc) is 2.88. The molecule has 1 aliphatic heterocycles. The number of hydrogen-bond acceptors (Lipinski definition) is 4. The minimum Gasteiger partial charge on any atom is -0.444 e. The van der Waals surface area contributed by atoms with Crippen LogP contribution in [0.1, 0.15) is 33.6 Å². The van der Waals surface area contributed by atoms with E-state index in [1.807, 2.05) is 20.8 Å². The Kier molecular flexibility index (Phi) is 4.09. The van der Waals surface area contributed by atoms with E-state index in [1.54, 1.807) is 17.1 Å². The van der Waals surface area contributed by atoms with Gasteiger partial charge in [0.25, 0.3) is 0 Å². The summed E-state index contributed by atoms with van der Waals surface area (Å²) in [7, 11) is 0. The lowest BCUT2D eigenvalue weighted by molar-refractivity contribution is 0.0636. The maximum atomic E-state index is 11.6. The summed E-state index contributed by atoms with van der Waals surface area (Å²) in [5, 5.41) is 6.85. The molecule has 1 N–H and O–H groups in total. The maximum absolute atomic E-state index is 11.6. The number of anilines is 1. The van der Waals surface area contributed by atoms with Crippen LogP contribution in [-0.2, 0) is 16.0 Å². The average molecular weight is 267 g/mol. The number of ether oxygens (including phenoxy) is 2. The van der Waals surface area contributed by atoms with Gasteiger partial charge in [0, 0.05) is 12.8 Å². The van der Waals surface area contributed by atoms with Gasteiger partial charge in [-0.15, -0.1) is 0 Å². The van der Waals surface area contributed by atoms with Crippen LogP contribution in [0.25, 0.3) is 0 Å². The Hall–Kier alpha value is -1.56. The first-order valence-corrected chi connectivity index (χ1v) is 6.56. The molecule has 1 amide bonds. The van der Waals surface area contributed by atoms with Crippen molar-refractivity contribution in [1.29, 1.82) is 0 Å². The third-order valence-electron chi connectivity index (χ3n) is 2.69. The molecule has 0 aromatic carbocycles. The second kappa shape index (κ2) is 5.61. The van der Waals surface area contributed by atoms with Crippen molar-refractivity contribution in [3.8, 4) is 0 Å². The highest BCUT2D eigenvalue weighted by Crippen LogP contribution is 2.15. The van der Waals surface area contributed by atoms with Crippen LogP contribution < -0.4 is 5.32 Å². The molecule has 1 aromatic rings. The lowest BCUT2D eigenvalue weighted by atomic mass is 10.2. The van der Waals surface area contributed by atoms with Gasteiger partial charge in [0.1, 0.15) is 5.60 Å². The van der Waals surface area contributed by atoms with E-state index in [-0.39, 0.29) is 6.10 Å². The molecule has 0 aliphatic carbocycles. The largest absolute Gasteiger partial charge is 0.444 e. The van der Waals surface area contributed by atoms with E-state index in [2.05, 4.69) is 10.4 Å². The smallest absolute Gasteiger partial charge is 0.412 e. The first-order chi connectivity index (χ1) is 8.92. The van der Waals surface area contributed by atoms with E-state index in [0.717, 1.165) is 26.0 Å². The zero-order chi connectivity index (χ0) is 13.9. The number of amides is 1. The Morgan fingerprint density at radius 2 is 2.42 bits per heavy atom. The highest BCUT2D eigenvalue weighted by molar-refractivity contribution is 5.84. The number of rotatable bonds is 3. The molecule has 0 radical (unpaired) electrons. The van der Waals surface area contributed by atoms with Crippen LogP contribution in [0.3, 0.4) is 0 Å². The molecule has 1 atom stereocenters. The van der Waals surface area contributed by atoms with Gasteiger partial charge in [0.2, 0.25) is 0 Å². The number of carbonyl (C=O) groups excluding carboxylic acids is 1. The summed E-state index contributed by atoms with van der Waals surface area (Å²) >= 11 is 0. The van der Waals surface area contributed by atoms with Crippen LogP contribution in [0.15, 0.2) is 12.4 Å². The summed E-state index contributed by atoms with van der Waals surface area (Å²) in [6, 6.07) is 0. The van der Waals surface area contributed by atoms with Gasteiger partial charge >= 0.3 is 6.09 Å². The molecule has 106 valence electrons. The molecule has 19 heavy (non-hydrogen) atoms. The minimum absolute atomic E-state index is 0.231. The standard InChI is InChI=1S/C13H21N3O3/c1-13(2,3)19-12(17)15-10-7-14-16(8-10)9-11-5-4-6-18-11/h7-8,11H,4-6,9H2,1-3H3,(H,15,17). The highest BCUT2D eigenvalue weighted by atomic mass is 16.6. The Morgan fingerprint density at radius 1 is 1.63 bits per heavy atom. The predicted octanol–water partition coefficient (Wildman–Crippen LogP) is 2.41. The van der Waals surface area contributed by atoms with Crippen molar-refractivity contribution in [1.82, 2.24) is 9.78 Å². The highest BCUT2D eigenvalue weighted by Gasteiger charge is 2.18. The number of nitrogens with zero attached hydrogens (tertiary/aromatic N) is 2. The number of aromatic nitrogens is 2. The normalized spacial score (nSPS) is 19.4. The van der Waals surface area contributed by atoms with Crippen molar-refractivity contribution in [2.75, 3.05) is 11.9 Å². The number of carbonyl (C=O) groups is 1. The lowest BCUT2D eigenvalue weighted by Gasteiger charge is -2.19. The minimum atomic E-state index is -0.502. The van der Waals surface area contributed by atoms with Gasteiger partial charge in [-0.2, -0.15) is 5.10 Å². The summed E-state index contributed by atoms with van der Waals surface area (Å²) in [4.78, 5) is 11.6. The molecule has 1 aromatic heterocycles. The van der Waals surface area contributed by atoms with Gasteiger partial charge in [-0.1, -0.05) is 0 Å². The molecule has 0 bridgehead atoms. The number of hydrogen-bond donors (Lipinski definition) is 1. The van der Waals surface area contributed by atoms with Crippen LogP contribution in [0, 0.1) is 0 Å². The Balaban J connectivity index is 1.84. The van der Waals surface area contributed by atoms with E-state index in [4.69, 9.17) is 9.47 Å². The molecule has 1 fully saturated rings. The van der Waals surface area contributed by atoms with Gasteiger partial charge in [-0.25, -0.2) is 4.79 Å². The van der Waals surface area contributed by atoms with Crippen molar-refractivity contribution < 1.29 is 14.3 Å². The maximum Gasteiger partial charge on any atom is 0.412 e. The quantitative estimate of drug-likeness (QED) is 0.913. The predicted molar refractivity (Wildman–Crippen MR) is 71.1 cm³/mol. The third-order valence-corrected chi connectivity index (χ3v) is 2.69. The lowest BCUT2D eigenvalue weighted by Crippen LogP contribution is -2.27. The Morgan fingerprint density at radius 3 is 3.05 bits per heavy atom. The van der Waals surface area contributed by atoms with Crippen molar-refractivity contribution >= 4 is 11.8 Å². The summed E-state index contributed by atoms with van der Waals surface area (Å²) in [5.41, 5.74) is 0.129. The van der Waals surface area contributed by atoms with Gasteiger partial charge in [-0.3, -0.25) is 10.00 Å². The van der Waals surface area contributed by atoms with Crippen molar-refractivity contribution in [3.63, 3.8) is 0 Å². The number of nitrogens with one attached hydrogen (secondary N) is 1. The van der Waals surface area contributed by atoms with E-state index < -0.39 is 11.7 Å². The fourth-order valence-electron chi connectivity index (χ4n) is 1.95. The van der Waals surface area contributed by atoms with Gasteiger partial charge in [-0.05, 0) is 33.6 Å². The van der Waals surface area contributed by atoms with Gasteiger partial charge in [0.05, 0.1) is 24.5 Å². The molecular formula is C13H21N3O3. The van der Waals surface area contributed by atoms with Crippen LogP contribution in [0.2, 0.25) is 0 Å². The van der Waals surface area contributed by atoms with Crippen LogP contribution in [0.5, 0.6) is 0 Å². The van der Waals surface area contributed by atoms with E-state index in [9.17, 15) is 4.79 Å². The molecule has 1 aliphatic rings. The monoisotopic (exact) mass is 267 g/mol. The third kappa shape index (κ3) is 4.55. The second-order valence-corrected chi connectivity index (χ2v) is 5.71. The fraction of sp³-hybridized carbons (Fsp3) is 0.692. The van der Waals surface area contributed by atoms with Crippen molar-refractivity contribution in [2.45, 2.75) is 51.9 Å². The Labute approximate surface area is 113 Å². The first kappa shape index (κ1) is 13.9. The summed E-state index contributed by atoms with van der Waals surface area (Å²) in [5.74, 6) is 0. The van der Waals surface area contributed by atoms with Crippen LogP contribution >= 0.6 is 0 Å². The molecule has 6 heteroatoms. The molecule has 2 heterocycles. The Bertz CT molecular complexity index is 431. The molecule has 6 nitrogen and oxygen atoms in total. The molecule has 0 spiro atoms. The SMILES string of the molecule is CC(C)(C)OC(=O)Nc1cnn(CC2CCCO2)c1. The first-order valence-electron chi connectivity index (χ1n) is 6.56. The zero-order valence-electron chi connectivity index (χ0n) is 11.7. The van der Waals surface area contributed by atoms with Gasteiger partial charge < -0.3 is 9.47 Å².